The Morgan fingerprint density at radius 3 is 1.38 bits per heavy atom. The minimum Gasteiger partial charge on any atom is -0.463 e. The van der Waals surface area contributed by atoms with Gasteiger partial charge in [0.25, 0.3) is 0 Å². The molecule has 2 aliphatic rings. The molecule has 20 nitrogen and oxygen atoms in total. The highest BCUT2D eigenvalue weighted by atomic mass is 32.2. The highest BCUT2D eigenvalue weighted by Crippen LogP contribution is 2.37. The van der Waals surface area contributed by atoms with Crippen molar-refractivity contribution in [1.82, 2.24) is 0 Å². The first kappa shape index (κ1) is 61.1. The first-order valence-corrected chi connectivity index (χ1v) is 22.7. The lowest BCUT2D eigenvalue weighted by molar-refractivity contribution is -0.307. The van der Waals surface area contributed by atoms with Crippen LogP contribution in [0.25, 0.3) is 0 Å². The van der Waals surface area contributed by atoms with E-state index in [0.717, 1.165) is 31.6 Å². The first-order chi connectivity index (χ1) is 32.7. The average molecular weight is 995 g/mol. The molecule has 1 aromatic carbocycles. The van der Waals surface area contributed by atoms with E-state index < -0.39 is 108 Å². The highest BCUT2D eigenvalue weighted by Gasteiger charge is 2.54. The van der Waals surface area contributed by atoms with Crippen LogP contribution in [-0.4, -0.2) is 140 Å². The van der Waals surface area contributed by atoms with Crippen LogP contribution in [0.5, 0.6) is 0 Å². The van der Waals surface area contributed by atoms with Gasteiger partial charge in [-0.15, -0.1) is 13.2 Å². The van der Waals surface area contributed by atoms with Crippen LogP contribution in [0.2, 0.25) is 0 Å². The predicted octanol–water partition coefficient (Wildman–Crippen LogP) is 4.97. The summed E-state index contributed by atoms with van der Waals surface area (Å²) in [5.41, 5.74) is -0.826. The summed E-state index contributed by atoms with van der Waals surface area (Å²) < 4.78 is 59.7. The van der Waals surface area contributed by atoms with Gasteiger partial charge in [-0.25, -0.2) is 0 Å². The smallest absolute Gasteiger partial charge is 0.303 e. The van der Waals surface area contributed by atoms with E-state index >= 15 is 0 Å². The maximum absolute atomic E-state index is 11.8. The lowest BCUT2D eigenvalue weighted by Crippen LogP contribution is -2.63. The van der Waals surface area contributed by atoms with E-state index in [-0.39, 0.29) is 26.4 Å². The Labute approximate surface area is 406 Å². The number of allylic oxidation sites excluding steroid dienone is 4. The second kappa shape index (κ2) is 34.4. The minimum atomic E-state index is -1.24. The summed E-state index contributed by atoms with van der Waals surface area (Å²) in [4.78, 5) is 93.7. The van der Waals surface area contributed by atoms with Gasteiger partial charge in [0.2, 0.25) is 0 Å². The monoisotopic (exact) mass is 994 g/mol. The van der Waals surface area contributed by atoms with Gasteiger partial charge in [0, 0.05) is 66.9 Å². The zero-order chi connectivity index (χ0) is 51.9. The molecule has 0 spiro atoms. The number of thioether (sulfide) groups is 1. The van der Waals surface area contributed by atoms with Crippen LogP contribution in [0.1, 0.15) is 81.1 Å². The summed E-state index contributed by atoms with van der Waals surface area (Å²) in [7, 11) is 0. The second-order valence-corrected chi connectivity index (χ2v) is 15.9. The van der Waals surface area contributed by atoms with Gasteiger partial charge in [0.05, 0.1) is 6.61 Å². The summed E-state index contributed by atoms with van der Waals surface area (Å²) in [6.45, 7) is 16.6. The Balaban J connectivity index is 0.000000595. The molecule has 2 fully saturated rings. The molecule has 1 aromatic rings. The zero-order valence-electron chi connectivity index (χ0n) is 40.3. The van der Waals surface area contributed by atoms with Crippen LogP contribution in [-0.2, 0) is 90.5 Å². The van der Waals surface area contributed by atoms with Gasteiger partial charge in [-0.05, 0) is 37.8 Å². The quantitative estimate of drug-likeness (QED) is 0.0696. The Bertz CT molecular complexity index is 1870. The van der Waals surface area contributed by atoms with Gasteiger partial charge < -0.3 is 57.2 Å². The maximum atomic E-state index is 11.8. The van der Waals surface area contributed by atoms with Crippen molar-refractivity contribution in [3.8, 4) is 0 Å². The van der Waals surface area contributed by atoms with Crippen molar-refractivity contribution >= 4 is 59.5 Å². The Hall–Kier alpha value is -5.87. The fourth-order valence-corrected chi connectivity index (χ4v) is 7.31. The van der Waals surface area contributed by atoms with Gasteiger partial charge in [0.15, 0.2) is 42.9 Å². The van der Waals surface area contributed by atoms with Crippen LogP contribution in [0.15, 0.2) is 84.8 Å². The number of ether oxygens (including phenoxy) is 11. The van der Waals surface area contributed by atoms with E-state index in [1.54, 1.807) is 6.08 Å². The molecular formula is C48H66O20S. The molecule has 69 heavy (non-hydrogen) atoms. The molecule has 2 aliphatic heterocycles. The largest absolute Gasteiger partial charge is 0.463 e. The van der Waals surface area contributed by atoms with E-state index in [9.17, 15) is 38.4 Å². The molecule has 0 radical (unpaired) electrons. The molecule has 10 unspecified atom stereocenters. The number of hydrogen-bond donors (Lipinski definition) is 1. The zero-order valence-corrected chi connectivity index (χ0v) is 41.1. The van der Waals surface area contributed by atoms with Crippen molar-refractivity contribution in [2.24, 2.45) is 0 Å². The standard InChI is InChI=1S/C21H30O10.C20H24O9S.C7H12O/c1-6-7-8-9-10-11-26-21-20(30-16(5)25)19(29-15(4)24)18(28-14(3)23)17(31-21)12-27-13(2)22;1-11(21)25-10-16-17(26-12(2)22)18(27-13(3)23)19(28-14(4)24)20(29-16)30-15-8-6-5-7-9-15;1-2-3-4-5-6-7-8/h6,8-9,17-21H,1,7,10-12H2,2-5H3;5-9,16-20H,10H2,1-4H3;2,4-5,8H,1,3,6-7H2/b9-8+;;5-4+. The number of carbonyl (C=O) groups excluding carboxylic acids is 8. The summed E-state index contributed by atoms with van der Waals surface area (Å²) in [5.74, 6) is -5.15. The van der Waals surface area contributed by atoms with Crippen LogP contribution < -0.4 is 0 Å². The van der Waals surface area contributed by atoms with Crippen molar-refractivity contribution in [1.29, 1.82) is 0 Å². The molecule has 10 atom stereocenters. The van der Waals surface area contributed by atoms with E-state index in [2.05, 4.69) is 13.2 Å². The Morgan fingerprint density at radius 2 is 0.942 bits per heavy atom. The van der Waals surface area contributed by atoms with Gasteiger partial charge in [-0.1, -0.05) is 66.4 Å². The van der Waals surface area contributed by atoms with Crippen molar-refractivity contribution in [2.45, 2.75) is 147 Å². The number of benzene rings is 1. The van der Waals surface area contributed by atoms with Crippen molar-refractivity contribution in [3.05, 3.63) is 79.9 Å². The van der Waals surface area contributed by atoms with Crippen LogP contribution in [0.4, 0.5) is 0 Å². The van der Waals surface area contributed by atoms with E-state index in [1.807, 2.05) is 60.7 Å². The molecule has 384 valence electrons. The molecule has 21 heteroatoms. The number of carbonyl (C=O) groups is 8. The molecule has 0 saturated carbocycles. The second-order valence-electron chi connectivity index (χ2n) is 14.7. The van der Waals surface area contributed by atoms with E-state index in [4.69, 9.17) is 57.2 Å². The molecular weight excluding hydrogens is 929 g/mol. The van der Waals surface area contributed by atoms with Crippen molar-refractivity contribution in [3.63, 3.8) is 0 Å². The number of aliphatic hydroxyl groups excluding tert-OH is 1. The lowest BCUT2D eigenvalue weighted by atomic mass is 9.98. The predicted molar refractivity (Wildman–Crippen MR) is 246 cm³/mol. The Kier molecular flexibility index (Phi) is 30.5. The number of rotatable bonds is 22. The third kappa shape index (κ3) is 25.9. The minimum absolute atomic E-state index is 0.196. The van der Waals surface area contributed by atoms with Crippen LogP contribution in [0.3, 0.4) is 0 Å². The fourth-order valence-electron chi connectivity index (χ4n) is 6.19. The molecule has 0 bridgehead atoms. The van der Waals surface area contributed by atoms with Crippen LogP contribution >= 0.6 is 11.8 Å². The maximum Gasteiger partial charge on any atom is 0.303 e. The van der Waals surface area contributed by atoms with E-state index in [1.165, 1.54) is 53.3 Å². The molecule has 1 N–H and O–H groups in total. The molecule has 0 aromatic heterocycles. The Morgan fingerprint density at radius 1 is 0.536 bits per heavy atom. The molecule has 2 saturated heterocycles. The third-order valence-electron chi connectivity index (χ3n) is 8.69. The molecule has 2 heterocycles. The summed E-state index contributed by atoms with van der Waals surface area (Å²) >= 11 is 1.23. The number of esters is 8. The van der Waals surface area contributed by atoms with Gasteiger partial charge in [-0.2, -0.15) is 0 Å². The normalized spacial score (nSPS) is 23.8. The van der Waals surface area contributed by atoms with Gasteiger partial charge in [-0.3, -0.25) is 38.4 Å². The summed E-state index contributed by atoms with van der Waals surface area (Å²) in [6.07, 6.45) is 4.03. The molecule has 3 rings (SSSR count). The highest BCUT2D eigenvalue weighted by molar-refractivity contribution is 7.99. The molecule has 0 aliphatic carbocycles. The third-order valence-corrected chi connectivity index (χ3v) is 9.85. The SMILES string of the molecule is C=CC/C=C/CCO.C=CC/C=C/CCOC1OC(COC(C)=O)C(OC(C)=O)C(OC(C)=O)C1OC(C)=O.CC(=O)OCC1OC(Sc2ccccc2)C(OC(C)=O)C(OC(C)=O)C1OC(C)=O. The average Bonchev–Trinajstić information content (AvgIpc) is 3.26. The van der Waals surface area contributed by atoms with Crippen molar-refractivity contribution in [2.75, 3.05) is 26.4 Å². The lowest BCUT2D eigenvalue weighted by Gasteiger charge is -2.44. The van der Waals surface area contributed by atoms with Gasteiger partial charge >= 0.3 is 47.8 Å². The van der Waals surface area contributed by atoms with Crippen LogP contribution in [0, 0.1) is 0 Å². The fraction of sp³-hybridized carbons (Fsp3) is 0.542. The van der Waals surface area contributed by atoms with E-state index in [0.29, 0.717) is 12.8 Å². The summed E-state index contributed by atoms with van der Waals surface area (Å²) in [5, 5.41) is 8.29. The molecule has 0 amide bonds. The topological polar surface area (TPSA) is 258 Å². The number of aliphatic hydroxyl groups is 1. The first-order valence-electron chi connectivity index (χ1n) is 21.8. The number of hydrogen-bond acceptors (Lipinski definition) is 21. The van der Waals surface area contributed by atoms with Gasteiger partial charge in [0.1, 0.15) is 30.9 Å². The summed E-state index contributed by atoms with van der Waals surface area (Å²) in [6, 6.07) is 9.16. The van der Waals surface area contributed by atoms with Crippen molar-refractivity contribution < 1.29 is 95.6 Å².